The summed E-state index contributed by atoms with van der Waals surface area (Å²) in [5.41, 5.74) is -0.589. The molecule has 0 unspecified atom stereocenters. The lowest BCUT2D eigenvalue weighted by atomic mass is 10.0. The molecule has 1 fully saturated rings. The molecule has 1 aliphatic heterocycles. The second-order valence-electron chi connectivity index (χ2n) is 9.88. The number of hydrogen-bond donors (Lipinski definition) is 2. The van der Waals surface area contributed by atoms with Crippen molar-refractivity contribution in [3.63, 3.8) is 0 Å². The summed E-state index contributed by atoms with van der Waals surface area (Å²) in [6.07, 6.45) is 2.30. The third-order valence-corrected chi connectivity index (χ3v) is 7.96. The number of aliphatic hydroxyl groups is 2. The maximum absolute atomic E-state index is 13.5. The van der Waals surface area contributed by atoms with E-state index in [1.807, 2.05) is 6.92 Å². The van der Waals surface area contributed by atoms with Crippen LogP contribution >= 0.6 is 0 Å². The number of fused-ring (bicyclic) bond motifs is 1. The first-order chi connectivity index (χ1) is 14.9. The summed E-state index contributed by atoms with van der Waals surface area (Å²) < 4.78 is 34.7. The van der Waals surface area contributed by atoms with Gasteiger partial charge in [-0.15, -0.1) is 0 Å². The van der Waals surface area contributed by atoms with Gasteiger partial charge in [-0.05, 0) is 64.8 Å². The Morgan fingerprint density at radius 3 is 2.59 bits per heavy atom. The second kappa shape index (κ2) is 9.70. The van der Waals surface area contributed by atoms with Crippen molar-refractivity contribution in [2.24, 2.45) is 11.8 Å². The monoisotopic (exact) mass is 464 g/mol. The zero-order valence-corrected chi connectivity index (χ0v) is 20.5. The summed E-state index contributed by atoms with van der Waals surface area (Å²) >= 11 is 0. The number of likely N-dealkylation sites (N-methyl/N-ethyl adjacent to an activating group) is 1. The van der Waals surface area contributed by atoms with Gasteiger partial charge < -0.3 is 19.8 Å². The molecule has 8 heteroatoms. The number of rotatable bonds is 6. The van der Waals surface area contributed by atoms with Crippen LogP contribution in [0.1, 0.15) is 46.1 Å². The van der Waals surface area contributed by atoms with Crippen LogP contribution in [0.4, 0.5) is 0 Å². The smallest absolute Gasteiger partial charge is 0.247 e. The SMILES string of the molecule is C[C@@H]1CN([C@H](C)CO)S(=O)(=O)c2ccc(C#CC(C)(C)O)cc2O[C@@H]1CN(C)CC1CC1. The van der Waals surface area contributed by atoms with E-state index in [0.29, 0.717) is 12.1 Å². The van der Waals surface area contributed by atoms with Crippen molar-refractivity contribution in [2.45, 2.75) is 63.2 Å². The van der Waals surface area contributed by atoms with Gasteiger partial charge in [0.25, 0.3) is 0 Å². The Hall–Kier alpha value is -1.63. The second-order valence-corrected chi connectivity index (χ2v) is 11.7. The Labute approximate surface area is 192 Å². The van der Waals surface area contributed by atoms with Gasteiger partial charge >= 0.3 is 0 Å². The summed E-state index contributed by atoms with van der Waals surface area (Å²) in [5, 5.41) is 19.7. The van der Waals surface area contributed by atoms with Crippen LogP contribution < -0.4 is 4.74 Å². The standard InChI is InChI=1S/C24H36N2O5S/c1-17-13-26(18(2)16-27)32(29,30)23-9-8-19(10-11-24(3,4)28)12-21(23)31-22(17)15-25(5)14-20-6-7-20/h8-9,12,17-18,20,22,27-28H,6-7,13-16H2,1-5H3/t17-,18-,22-/m1/s1. The molecule has 178 valence electrons. The molecule has 3 rings (SSSR count). The van der Waals surface area contributed by atoms with Crippen molar-refractivity contribution in [2.75, 3.05) is 33.3 Å². The molecule has 0 radical (unpaired) electrons. The predicted octanol–water partition coefficient (Wildman–Crippen LogP) is 1.92. The van der Waals surface area contributed by atoms with E-state index >= 15 is 0 Å². The van der Waals surface area contributed by atoms with Crippen molar-refractivity contribution in [3.8, 4) is 17.6 Å². The zero-order valence-electron chi connectivity index (χ0n) is 19.7. The lowest BCUT2D eigenvalue weighted by Crippen LogP contribution is -2.49. The summed E-state index contributed by atoms with van der Waals surface area (Å²) in [5.74, 6) is 6.59. The Morgan fingerprint density at radius 1 is 1.31 bits per heavy atom. The molecule has 2 N–H and O–H groups in total. The van der Waals surface area contributed by atoms with Crippen LogP contribution in [-0.4, -0.2) is 78.9 Å². The molecule has 1 saturated carbocycles. The largest absolute Gasteiger partial charge is 0.487 e. The van der Waals surface area contributed by atoms with E-state index in [2.05, 4.69) is 23.8 Å². The van der Waals surface area contributed by atoms with Crippen LogP contribution in [0.5, 0.6) is 5.75 Å². The van der Waals surface area contributed by atoms with Crippen molar-refractivity contribution in [3.05, 3.63) is 23.8 Å². The van der Waals surface area contributed by atoms with Gasteiger partial charge in [0, 0.05) is 37.2 Å². The summed E-state index contributed by atoms with van der Waals surface area (Å²) in [4.78, 5) is 2.33. The fraction of sp³-hybridized carbons (Fsp3) is 0.667. The van der Waals surface area contributed by atoms with Crippen molar-refractivity contribution in [1.29, 1.82) is 0 Å². The van der Waals surface area contributed by atoms with Gasteiger partial charge in [-0.2, -0.15) is 4.31 Å². The molecule has 7 nitrogen and oxygen atoms in total. The molecule has 0 amide bonds. The molecular weight excluding hydrogens is 428 g/mol. The van der Waals surface area contributed by atoms with E-state index in [-0.39, 0.29) is 35.8 Å². The third-order valence-electron chi connectivity index (χ3n) is 5.94. The van der Waals surface area contributed by atoms with Gasteiger partial charge in [-0.1, -0.05) is 18.8 Å². The number of hydrogen-bond acceptors (Lipinski definition) is 6. The molecule has 0 saturated heterocycles. The molecular formula is C24H36N2O5S. The Morgan fingerprint density at radius 2 is 2.00 bits per heavy atom. The van der Waals surface area contributed by atoms with Crippen LogP contribution in [0.15, 0.2) is 23.1 Å². The number of benzene rings is 1. The quantitative estimate of drug-likeness (QED) is 0.625. The fourth-order valence-electron chi connectivity index (χ4n) is 3.87. The average Bonchev–Trinajstić information content (AvgIpc) is 3.51. The first-order valence-electron chi connectivity index (χ1n) is 11.3. The molecule has 0 bridgehead atoms. The van der Waals surface area contributed by atoms with Gasteiger partial charge in [0.15, 0.2) is 0 Å². The molecule has 1 aromatic rings. The molecule has 1 aromatic carbocycles. The first-order valence-corrected chi connectivity index (χ1v) is 12.7. The lowest BCUT2D eigenvalue weighted by Gasteiger charge is -2.37. The fourth-order valence-corrected chi connectivity index (χ4v) is 5.70. The topological polar surface area (TPSA) is 90.3 Å². The Kier molecular flexibility index (Phi) is 7.58. The van der Waals surface area contributed by atoms with Crippen molar-refractivity contribution in [1.82, 2.24) is 9.21 Å². The Balaban J connectivity index is 2.02. The highest BCUT2D eigenvalue weighted by Gasteiger charge is 2.38. The molecule has 0 aromatic heterocycles. The van der Waals surface area contributed by atoms with E-state index in [9.17, 15) is 18.6 Å². The van der Waals surface area contributed by atoms with Crippen LogP contribution in [0.25, 0.3) is 0 Å². The molecule has 1 heterocycles. The highest BCUT2D eigenvalue weighted by Crippen LogP contribution is 2.35. The minimum Gasteiger partial charge on any atom is -0.487 e. The molecule has 3 atom stereocenters. The van der Waals surface area contributed by atoms with E-state index in [4.69, 9.17) is 4.74 Å². The van der Waals surface area contributed by atoms with Crippen molar-refractivity contribution >= 4 is 10.0 Å². The van der Waals surface area contributed by atoms with Crippen LogP contribution in [0.2, 0.25) is 0 Å². The normalized spacial score (nSPS) is 24.5. The molecule has 32 heavy (non-hydrogen) atoms. The lowest BCUT2D eigenvalue weighted by molar-refractivity contribution is 0.0740. The minimum atomic E-state index is -3.87. The van der Waals surface area contributed by atoms with Gasteiger partial charge in [-0.25, -0.2) is 8.42 Å². The van der Waals surface area contributed by atoms with Gasteiger partial charge in [-0.3, -0.25) is 0 Å². The number of nitrogens with zero attached hydrogens (tertiary/aromatic N) is 2. The summed E-state index contributed by atoms with van der Waals surface area (Å²) in [7, 11) is -1.80. The van der Waals surface area contributed by atoms with E-state index in [1.165, 1.54) is 23.2 Å². The summed E-state index contributed by atoms with van der Waals surface area (Å²) in [6.45, 7) is 8.58. The molecule has 2 aliphatic rings. The first kappa shape index (κ1) is 25.0. The highest BCUT2D eigenvalue weighted by molar-refractivity contribution is 7.89. The predicted molar refractivity (Wildman–Crippen MR) is 124 cm³/mol. The zero-order chi connectivity index (χ0) is 23.7. The highest BCUT2D eigenvalue weighted by atomic mass is 32.2. The maximum atomic E-state index is 13.5. The van der Waals surface area contributed by atoms with E-state index < -0.39 is 21.7 Å². The molecule has 1 aliphatic carbocycles. The number of sulfonamides is 1. The average molecular weight is 465 g/mol. The molecule has 0 spiro atoms. The van der Waals surface area contributed by atoms with Gasteiger partial charge in [0.05, 0.1) is 6.61 Å². The Bertz CT molecular complexity index is 972. The third kappa shape index (κ3) is 6.24. The van der Waals surface area contributed by atoms with Crippen LogP contribution in [0, 0.1) is 23.7 Å². The number of aliphatic hydroxyl groups excluding tert-OH is 1. The summed E-state index contributed by atoms with van der Waals surface area (Å²) in [6, 6.07) is 4.23. The maximum Gasteiger partial charge on any atom is 0.247 e. The van der Waals surface area contributed by atoms with Gasteiger partial charge in [0.2, 0.25) is 10.0 Å². The minimum absolute atomic E-state index is 0.0772. The van der Waals surface area contributed by atoms with Gasteiger partial charge in [0.1, 0.15) is 22.4 Å². The van der Waals surface area contributed by atoms with E-state index in [0.717, 1.165) is 12.5 Å². The number of ether oxygens (including phenoxy) is 1. The van der Waals surface area contributed by atoms with Crippen LogP contribution in [-0.2, 0) is 10.0 Å². The van der Waals surface area contributed by atoms with Crippen LogP contribution in [0.3, 0.4) is 0 Å². The van der Waals surface area contributed by atoms with Crippen molar-refractivity contribution < 1.29 is 23.4 Å². The van der Waals surface area contributed by atoms with E-state index in [1.54, 1.807) is 32.9 Å².